The summed E-state index contributed by atoms with van der Waals surface area (Å²) in [6.45, 7) is 2.92. The van der Waals surface area contributed by atoms with Gasteiger partial charge in [0.25, 0.3) is 0 Å². The molecule has 0 bridgehead atoms. The smallest absolute Gasteiger partial charge is 0.136 e. The first kappa shape index (κ1) is 14.9. The third kappa shape index (κ3) is 3.07. The van der Waals surface area contributed by atoms with Crippen LogP contribution in [-0.2, 0) is 0 Å². The van der Waals surface area contributed by atoms with Gasteiger partial charge < -0.3 is 4.74 Å². The minimum atomic E-state index is 0.537. The third-order valence-corrected chi connectivity index (χ3v) is 3.97. The summed E-state index contributed by atoms with van der Waals surface area (Å²) >= 11 is 6.20. The molecule has 0 atom stereocenters. The first-order valence-electron chi connectivity index (χ1n) is 7.56. The van der Waals surface area contributed by atoms with Gasteiger partial charge in [-0.1, -0.05) is 55.3 Å². The minimum Gasteiger partial charge on any atom is -0.494 e. The van der Waals surface area contributed by atoms with Gasteiger partial charge in [0.05, 0.1) is 6.61 Å². The van der Waals surface area contributed by atoms with Crippen LogP contribution in [0.15, 0.2) is 54.7 Å². The number of nitrogens with zero attached hydrogens (tertiary/aromatic N) is 1. The fraction of sp³-hybridized carbons (Fsp3) is 0.211. The monoisotopic (exact) mass is 311 g/mol. The van der Waals surface area contributed by atoms with Gasteiger partial charge in [-0.05, 0) is 41.1 Å². The van der Waals surface area contributed by atoms with Crippen LogP contribution < -0.4 is 4.74 Å². The molecule has 0 aliphatic heterocycles. The van der Waals surface area contributed by atoms with Crippen molar-refractivity contribution < 1.29 is 4.74 Å². The lowest BCUT2D eigenvalue weighted by Crippen LogP contribution is -1.96. The summed E-state index contributed by atoms with van der Waals surface area (Å²) in [7, 11) is 0. The Bertz CT molecular complexity index is 785. The topological polar surface area (TPSA) is 22.1 Å². The molecule has 0 saturated heterocycles. The van der Waals surface area contributed by atoms with Crippen molar-refractivity contribution in [1.82, 2.24) is 4.98 Å². The Kier molecular flexibility index (Phi) is 4.59. The van der Waals surface area contributed by atoms with E-state index in [2.05, 4.69) is 30.1 Å². The summed E-state index contributed by atoms with van der Waals surface area (Å²) < 4.78 is 5.81. The second kappa shape index (κ2) is 6.80. The number of unbranched alkanes of at least 4 members (excludes halogenated alkanes) is 1. The van der Waals surface area contributed by atoms with Gasteiger partial charge in [0.1, 0.15) is 10.9 Å². The summed E-state index contributed by atoms with van der Waals surface area (Å²) in [6, 6.07) is 16.3. The summed E-state index contributed by atoms with van der Waals surface area (Å²) in [5, 5.41) is 2.61. The Balaban J connectivity index is 2.01. The van der Waals surface area contributed by atoms with Crippen LogP contribution >= 0.6 is 11.6 Å². The van der Waals surface area contributed by atoms with Gasteiger partial charge in [-0.2, -0.15) is 0 Å². The normalized spacial score (nSPS) is 10.8. The van der Waals surface area contributed by atoms with Crippen molar-refractivity contribution in [3.05, 3.63) is 59.9 Å². The molecule has 22 heavy (non-hydrogen) atoms. The highest BCUT2D eigenvalue weighted by molar-refractivity contribution is 6.34. The zero-order valence-electron chi connectivity index (χ0n) is 12.6. The van der Waals surface area contributed by atoms with Gasteiger partial charge in [0, 0.05) is 11.6 Å². The van der Waals surface area contributed by atoms with Crippen LogP contribution in [0.25, 0.3) is 21.9 Å². The Hall–Kier alpha value is -2.06. The molecule has 1 heterocycles. The van der Waals surface area contributed by atoms with E-state index >= 15 is 0 Å². The van der Waals surface area contributed by atoms with Crippen molar-refractivity contribution in [2.75, 3.05) is 6.61 Å². The van der Waals surface area contributed by atoms with E-state index in [1.165, 1.54) is 0 Å². The molecule has 3 rings (SSSR count). The first-order chi connectivity index (χ1) is 10.8. The molecular weight excluding hydrogens is 294 g/mol. The van der Waals surface area contributed by atoms with Crippen LogP contribution in [0, 0.1) is 0 Å². The molecule has 2 nitrogen and oxygen atoms in total. The number of hydrogen-bond donors (Lipinski definition) is 0. The quantitative estimate of drug-likeness (QED) is 0.443. The van der Waals surface area contributed by atoms with Gasteiger partial charge in [0.15, 0.2) is 0 Å². The maximum absolute atomic E-state index is 6.20. The van der Waals surface area contributed by atoms with Crippen molar-refractivity contribution in [3.8, 4) is 16.9 Å². The number of halogens is 1. The van der Waals surface area contributed by atoms with Crippen LogP contribution in [0.3, 0.4) is 0 Å². The van der Waals surface area contributed by atoms with E-state index in [4.69, 9.17) is 16.3 Å². The van der Waals surface area contributed by atoms with Crippen molar-refractivity contribution in [1.29, 1.82) is 0 Å². The molecule has 0 unspecified atom stereocenters. The predicted molar refractivity (Wildman–Crippen MR) is 92.6 cm³/mol. The standard InChI is InChI=1S/C19H18ClNO/c1-2-3-12-22-15-7-4-6-14(13-15)16-8-5-9-18-17(16)10-11-21-19(18)20/h4-11,13H,2-3,12H2,1H3. The zero-order chi connectivity index (χ0) is 15.4. The van der Waals surface area contributed by atoms with Crippen LogP contribution in [0.2, 0.25) is 5.15 Å². The van der Waals surface area contributed by atoms with Gasteiger partial charge >= 0.3 is 0 Å². The van der Waals surface area contributed by atoms with Crippen molar-refractivity contribution >= 4 is 22.4 Å². The van der Waals surface area contributed by atoms with Gasteiger partial charge in [-0.3, -0.25) is 0 Å². The van der Waals surface area contributed by atoms with E-state index in [9.17, 15) is 0 Å². The van der Waals surface area contributed by atoms with Crippen molar-refractivity contribution in [2.45, 2.75) is 19.8 Å². The van der Waals surface area contributed by atoms with Gasteiger partial charge in [-0.15, -0.1) is 0 Å². The first-order valence-corrected chi connectivity index (χ1v) is 7.94. The molecule has 0 aliphatic rings. The van der Waals surface area contributed by atoms with Crippen LogP contribution in [-0.4, -0.2) is 11.6 Å². The number of rotatable bonds is 5. The van der Waals surface area contributed by atoms with Crippen molar-refractivity contribution in [2.24, 2.45) is 0 Å². The SMILES string of the molecule is CCCCOc1cccc(-c2cccc3c(Cl)nccc23)c1. The Labute approximate surface area is 135 Å². The van der Waals surface area contributed by atoms with E-state index in [1.807, 2.05) is 30.3 Å². The highest BCUT2D eigenvalue weighted by Crippen LogP contribution is 2.32. The number of ether oxygens (including phenoxy) is 1. The van der Waals surface area contributed by atoms with E-state index in [0.717, 1.165) is 47.1 Å². The van der Waals surface area contributed by atoms with E-state index in [-0.39, 0.29) is 0 Å². The average molecular weight is 312 g/mol. The summed E-state index contributed by atoms with van der Waals surface area (Å²) in [4.78, 5) is 4.15. The molecule has 1 aromatic heterocycles. The van der Waals surface area contributed by atoms with Crippen LogP contribution in [0.5, 0.6) is 5.75 Å². The Morgan fingerprint density at radius 2 is 1.91 bits per heavy atom. The number of benzene rings is 2. The number of aromatic nitrogens is 1. The highest BCUT2D eigenvalue weighted by Gasteiger charge is 2.07. The molecule has 3 aromatic rings. The third-order valence-electron chi connectivity index (χ3n) is 3.67. The molecule has 3 heteroatoms. The van der Waals surface area contributed by atoms with Gasteiger partial charge in [-0.25, -0.2) is 4.98 Å². The molecule has 0 fully saturated rings. The molecule has 112 valence electrons. The molecule has 0 radical (unpaired) electrons. The molecule has 0 N–H and O–H groups in total. The number of hydrogen-bond acceptors (Lipinski definition) is 2. The second-order valence-corrected chi connectivity index (χ2v) is 5.59. The lowest BCUT2D eigenvalue weighted by atomic mass is 9.99. The average Bonchev–Trinajstić information content (AvgIpc) is 2.55. The number of pyridine rings is 1. The lowest BCUT2D eigenvalue weighted by molar-refractivity contribution is 0.309. The molecule has 2 aromatic carbocycles. The minimum absolute atomic E-state index is 0.537. The number of fused-ring (bicyclic) bond motifs is 1. The highest BCUT2D eigenvalue weighted by atomic mass is 35.5. The molecular formula is C19H18ClNO. The predicted octanol–water partition coefficient (Wildman–Crippen LogP) is 5.73. The van der Waals surface area contributed by atoms with Crippen molar-refractivity contribution in [3.63, 3.8) is 0 Å². The lowest BCUT2D eigenvalue weighted by Gasteiger charge is -2.10. The second-order valence-electron chi connectivity index (χ2n) is 5.23. The maximum atomic E-state index is 6.20. The largest absolute Gasteiger partial charge is 0.494 e. The van der Waals surface area contributed by atoms with Crippen LogP contribution in [0.4, 0.5) is 0 Å². The molecule has 0 spiro atoms. The maximum Gasteiger partial charge on any atom is 0.136 e. The van der Waals surface area contributed by atoms with E-state index in [0.29, 0.717) is 5.15 Å². The molecule has 0 aliphatic carbocycles. The van der Waals surface area contributed by atoms with E-state index < -0.39 is 0 Å². The fourth-order valence-electron chi connectivity index (χ4n) is 2.51. The summed E-state index contributed by atoms with van der Waals surface area (Å²) in [5.74, 6) is 0.906. The van der Waals surface area contributed by atoms with Crippen LogP contribution in [0.1, 0.15) is 19.8 Å². The Morgan fingerprint density at radius 1 is 1.05 bits per heavy atom. The fourth-order valence-corrected chi connectivity index (χ4v) is 2.73. The van der Waals surface area contributed by atoms with Gasteiger partial charge in [0.2, 0.25) is 0 Å². The van der Waals surface area contributed by atoms with E-state index in [1.54, 1.807) is 6.20 Å². The zero-order valence-corrected chi connectivity index (χ0v) is 13.3. The summed E-state index contributed by atoms with van der Waals surface area (Å²) in [5.41, 5.74) is 2.27. The summed E-state index contributed by atoms with van der Waals surface area (Å²) in [6.07, 6.45) is 3.95. The Morgan fingerprint density at radius 3 is 2.77 bits per heavy atom. The molecule has 0 amide bonds. The molecule has 0 saturated carbocycles.